The number of aliphatic hydroxyl groups is 1. The first kappa shape index (κ1) is 19.0. The SMILES string of the molecule is CC[C@@H](O)CN(c1ccccc1)S(=O)(=O)c1cccc(C(=O)OC)c1. The lowest BCUT2D eigenvalue weighted by molar-refractivity contribution is 0.0600. The van der Waals surface area contributed by atoms with E-state index in [1.165, 1.54) is 31.4 Å². The number of methoxy groups -OCH3 is 1. The Kier molecular flexibility index (Phi) is 6.17. The number of ether oxygens (including phenoxy) is 1. The van der Waals surface area contributed by atoms with E-state index in [0.717, 1.165) is 4.31 Å². The van der Waals surface area contributed by atoms with Crippen LogP contribution in [-0.2, 0) is 14.8 Å². The molecule has 0 fully saturated rings. The lowest BCUT2D eigenvalue weighted by Gasteiger charge is -2.26. The Labute approximate surface area is 147 Å². The van der Waals surface area contributed by atoms with Gasteiger partial charge in [0.15, 0.2) is 0 Å². The molecule has 25 heavy (non-hydrogen) atoms. The third kappa shape index (κ3) is 4.37. The number of anilines is 1. The van der Waals surface area contributed by atoms with Crippen molar-refractivity contribution in [1.29, 1.82) is 0 Å². The van der Waals surface area contributed by atoms with Crippen molar-refractivity contribution in [2.45, 2.75) is 24.3 Å². The van der Waals surface area contributed by atoms with Crippen LogP contribution in [0.15, 0.2) is 59.5 Å². The first-order chi connectivity index (χ1) is 11.9. The minimum atomic E-state index is -3.96. The molecule has 0 aromatic heterocycles. The number of sulfonamides is 1. The lowest BCUT2D eigenvalue weighted by atomic mass is 10.2. The molecular formula is C18H21NO5S. The summed E-state index contributed by atoms with van der Waals surface area (Å²) in [5.74, 6) is -0.614. The van der Waals surface area contributed by atoms with Crippen LogP contribution in [0.2, 0.25) is 0 Å². The fraction of sp³-hybridized carbons (Fsp3) is 0.278. The fourth-order valence-corrected chi connectivity index (χ4v) is 3.83. The molecule has 0 radical (unpaired) electrons. The molecule has 0 spiro atoms. The number of hydrogen-bond acceptors (Lipinski definition) is 5. The van der Waals surface area contributed by atoms with E-state index in [2.05, 4.69) is 4.74 Å². The summed E-state index contributed by atoms with van der Waals surface area (Å²) >= 11 is 0. The predicted molar refractivity (Wildman–Crippen MR) is 95.1 cm³/mol. The molecular weight excluding hydrogens is 342 g/mol. The highest BCUT2D eigenvalue weighted by Crippen LogP contribution is 2.25. The maximum atomic E-state index is 13.1. The molecule has 7 heteroatoms. The van der Waals surface area contributed by atoms with Crippen LogP contribution in [0, 0.1) is 0 Å². The van der Waals surface area contributed by atoms with Gasteiger partial charge in [0, 0.05) is 0 Å². The number of aliphatic hydroxyl groups excluding tert-OH is 1. The molecule has 2 rings (SSSR count). The normalized spacial score (nSPS) is 12.4. The monoisotopic (exact) mass is 363 g/mol. The molecule has 0 saturated heterocycles. The highest BCUT2D eigenvalue weighted by Gasteiger charge is 2.27. The van der Waals surface area contributed by atoms with E-state index >= 15 is 0 Å². The minimum absolute atomic E-state index is 0.0393. The van der Waals surface area contributed by atoms with Crippen LogP contribution in [0.25, 0.3) is 0 Å². The number of para-hydroxylation sites is 1. The van der Waals surface area contributed by atoms with E-state index in [4.69, 9.17) is 0 Å². The molecule has 0 amide bonds. The molecule has 2 aromatic rings. The summed E-state index contributed by atoms with van der Waals surface area (Å²) in [6.45, 7) is 1.70. The van der Waals surface area contributed by atoms with Gasteiger partial charge in [-0.15, -0.1) is 0 Å². The Bertz CT molecular complexity index is 820. The summed E-state index contributed by atoms with van der Waals surface area (Å²) in [4.78, 5) is 11.6. The third-order valence-corrected chi connectivity index (χ3v) is 5.52. The average molecular weight is 363 g/mol. The Morgan fingerprint density at radius 3 is 2.44 bits per heavy atom. The standard InChI is InChI=1S/C18H21NO5S/c1-3-16(20)13-19(15-9-5-4-6-10-15)25(22,23)17-11-7-8-14(12-17)18(21)24-2/h4-12,16,20H,3,13H2,1-2H3/t16-/m1/s1. The largest absolute Gasteiger partial charge is 0.465 e. The highest BCUT2D eigenvalue weighted by atomic mass is 32.2. The van der Waals surface area contributed by atoms with Gasteiger partial charge in [-0.05, 0) is 36.8 Å². The second kappa shape index (κ2) is 8.13. The van der Waals surface area contributed by atoms with Crippen LogP contribution >= 0.6 is 0 Å². The molecule has 134 valence electrons. The van der Waals surface area contributed by atoms with Crippen molar-refractivity contribution in [3.05, 3.63) is 60.2 Å². The second-order valence-corrected chi connectivity index (χ2v) is 7.32. The molecule has 0 unspecified atom stereocenters. The molecule has 0 aliphatic heterocycles. The molecule has 6 nitrogen and oxygen atoms in total. The number of esters is 1. The molecule has 0 heterocycles. The summed E-state index contributed by atoms with van der Waals surface area (Å²) < 4.78 is 32.0. The average Bonchev–Trinajstić information content (AvgIpc) is 2.65. The van der Waals surface area contributed by atoms with E-state index in [9.17, 15) is 18.3 Å². The van der Waals surface area contributed by atoms with Crippen LogP contribution in [0.3, 0.4) is 0 Å². The number of hydrogen-bond donors (Lipinski definition) is 1. The van der Waals surface area contributed by atoms with Crippen molar-refractivity contribution in [2.75, 3.05) is 18.0 Å². The Morgan fingerprint density at radius 2 is 1.84 bits per heavy atom. The first-order valence-corrected chi connectivity index (χ1v) is 9.28. The molecule has 1 atom stereocenters. The van der Waals surface area contributed by atoms with Gasteiger partial charge in [-0.3, -0.25) is 4.31 Å². The van der Waals surface area contributed by atoms with Crippen LogP contribution in [-0.4, -0.2) is 39.3 Å². The van der Waals surface area contributed by atoms with Crippen LogP contribution in [0.1, 0.15) is 23.7 Å². The number of rotatable bonds is 7. The topological polar surface area (TPSA) is 83.9 Å². The van der Waals surface area contributed by atoms with Gasteiger partial charge in [-0.2, -0.15) is 0 Å². The van der Waals surface area contributed by atoms with Gasteiger partial charge in [0.1, 0.15) is 0 Å². The van der Waals surface area contributed by atoms with E-state index in [1.54, 1.807) is 37.3 Å². The third-order valence-electron chi connectivity index (χ3n) is 3.74. The van der Waals surface area contributed by atoms with E-state index < -0.39 is 22.1 Å². The summed E-state index contributed by atoms with van der Waals surface area (Å²) in [6.07, 6.45) is -0.389. The van der Waals surface area contributed by atoms with E-state index in [-0.39, 0.29) is 17.0 Å². The van der Waals surface area contributed by atoms with Gasteiger partial charge < -0.3 is 9.84 Å². The quantitative estimate of drug-likeness (QED) is 0.764. The Morgan fingerprint density at radius 1 is 1.16 bits per heavy atom. The minimum Gasteiger partial charge on any atom is -0.465 e. The Hall–Kier alpha value is -2.38. The smallest absolute Gasteiger partial charge is 0.337 e. The molecule has 0 saturated carbocycles. The van der Waals surface area contributed by atoms with Crippen LogP contribution in [0.4, 0.5) is 5.69 Å². The van der Waals surface area contributed by atoms with Gasteiger partial charge in [0.25, 0.3) is 10.0 Å². The lowest BCUT2D eigenvalue weighted by Crippen LogP contribution is -2.37. The molecule has 0 aliphatic carbocycles. The molecule has 0 bridgehead atoms. The summed E-state index contributed by atoms with van der Waals surface area (Å²) in [5, 5.41) is 10.0. The maximum absolute atomic E-state index is 13.1. The van der Waals surface area contributed by atoms with Crippen LogP contribution in [0.5, 0.6) is 0 Å². The number of nitrogens with zero attached hydrogens (tertiary/aromatic N) is 1. The maximum Gasteiger partial charge on any atom is 0.337 e. The van der Waals surface area contributed by atoms with Crippen molar-refractivity contribution in [1.82, 2.24) is 0 Å². The van der Waals surface area contributed by atoms with E-state index in [0.29, 0.717) is 12.1 Å². The number of carbonyl (C=O) groups is 1. The van der Waals surface area contributed by atoms with Crippen molar-refractivity contribution in [2.24, 2.45) is 0 Å². The van der Waals surface area contributed by atoms with Gasteiger partial charge in [-0.1, -0.05) is 31.2 Å². The summed E-state index contributed by atoms with van der Waals surface area (Å²) in [6, 6.07) is 14.2. The van der Waals surface area contributed by atoms with Gasteiger partial charge in [0.2, 0.25) is 0 Å². The summed E-state index contributed by atoms with van der Waals surface area (Å²) in [7, 11) is -2.72. The molecule has 2 aromatic carbocycles. The van der Waals surface area contributed by atoms with Gasteiger partial charge >= 0.3 is 5.97 Å². The molecule has 1 N–H and O–H groups in total. The zero-order valence-electron chi connectivity index (χ0n) is 14.1. The first-order valence-electron chi connectivity index (χ1n) is 7.84. The predicted octanol–water partition coefficient (Wildman–Crippen LogP) is 2.44. The zero-order chi connectivity index (χ0) is 18.4. The van der Waals surface area contributed by atoms with Gasteiger partial charge in [-0.25, -0.2) is 13.2 Å². The van der Waals surface area contributed by atoms with Crippen molar-refractivity contribution in [3.63, 3.8) is 0 Å². The van der Waals surface area contributed by atoms with E-state index in [1.807, 2.05) is 0 Å². The number of carbonyl (C=O) groups excluding carboxylic acids is 1. The van der Waals surface area contributed by atoms with Crippen molar-refractivity contribution < 1.29 is 23.1 Å². The number of benzene rings is 2. The van der Waals surface area contributed by atoms with Crippen LogP contribution < -0.4 is 4.31 Å². The Balaban J connectivity index is 2.50. The zero-order valence-corrected chi connectivity index (χ0v) is 14.9. The second-order valence-electron chi connectivity index (χ2n) is 5.45. The van der Waals surface area contributed by atoms with Crippen molar-refractivity contribution >= 4 is 21.7 Å². The van der Waals surface area contributed by atoms with Crippen molar-refractivity contribution in [3.8, 4) is 0 Å². The fourth-order valence-electron chi connectivity index (χ4n) is 2.29. The summed E-state index contributed by atoms with van der Waals surface area (Å²) in [5.41, 5.74) is 0.589. The molecule has 0 aliphatic rings. The van der Waals surface area contributed by atoms with Gasteiger partial charge in [0.05, 0.1) is 35.9 Å². The highest BCUT2D eigenvalue weighted by molar-refractivity contribution is 7.92.